The molecule has 0 radical (unpaired) electrons. The van der Waals surface area contributed by atoms with Crippen LogP contribution in [-0.2, 0) is 6.54 Å². The zero-order chi connectivity index (χ0) is 11.7. The SMILES string of the molecule is Cc1sc(N)[n+](CC(=O)c2ccco2)c1C.[Br-]. The topological polar surface area (TPSA) is 60.1 Å². The first-order chi connectivity index (χ1) is 7.59. The van der Waals surface area contributed by atoms with Crippen molar-refractivity contribution in [1.29, 1.82) is 0 Å². The molecule has 0 fully saturated rings. The quantitative estimate of drug-likeness (QED) is 0.566. The number of furan rings is 1. The van der Waals surface area contributed by atoms with Gasteiger partial charge < -0.3 is 21.4 Å². The van der Waals surface area contributed by atoms with Gasteiger partial charge in [-0.3, -0.25) is 10.5 Å². The fourth-order valence-electron chi connectivity index (χ4n) is 1.50. The van der Waals surface area contributed by atoms with Gasteiger partial charge in [0.2, 0.25) is 5.78 Å². The number of hydrogen-bond donors (Lipinski definition) is 1. The second kappa shape index (κ2) is 5.46. The van der Waals surface area contributed by atoms with Crippen molar-refractivity contribution in [3.8, 4) is 0 Å². The van der Waals surface area contributed by atoms with Gasteiger partial charge in [-0.2, -0.15) is 0 Å². The van der Waals surface area contributed by atoms with Crippen molar-refractivity contribution in [1.82, 2.24) is 0 Å². The van der Waals surface area contributed by atoms with Gasteiger partial charge in [-0.15, -0.1) is 0 Å². The van der Waals surface area contributed by atoms with Crippen molar-refractivity contribution < 1.29 is 30.8 Å². The number of nitrogens with two attached hydrogens (primary N) is 1. The molecule has 0 unspecified atom stereocenters. The van der Waals surface area contributed by atoms with Crippen LogP contribution in [0.25, 0.3) is 0 Å². The van der Waals surface area contributed by atoms with Gasteiger partial charge in [0, 0.05) is 0 Å². The van der Waals surface area contributed by atoms with E-state index in [9.17, 15) is 4.79 Å². The average molecular weight is 317 g/mol. The molecule has 17 heavy (non-hydrogen) atoms. The van der Waals surface area contributed by atoms with Gasteiger partial charge in [0.05, 0.1) is 11.1 Å². The molecular weight excluding hydrogens is 304 g/mol. The predicted octanol–water partition coefficient (Wildman–Crippen LogP) is -1.29. The number of rotatable bonds is 3. The molecule has 2 rings (SSSR count). The lowest BCUT2D eigenvalue weighted by Gasteiger charge is -1.98. The van der Waals surface area contributed by atoms with E-state index in [2.05, 4.69) is 0 Å². The summed E-state index contributed by atoms with van der Waals surface area (Å²) in [6.45, 7) is 4.18. The molecule has 0 atom stereocenters. The standard InChI is InChI=1S/C11H12N2O2S.BrH/c1-7-8(2)16-11(12)13(7)6-9(14)10-4-3-5-15-10;/h3-5,12H,6H2,1-2H3;1H. The van der Waals surface area contributed by atoms with Crippen LogP contribution in [0, 0.1) is 13.8 Å². The van der Waals surface area contributed by atoms with Gasteiger partial charge in [0.25, 0.3) is 0 Å². The van der Waals surface area contributed by atoms with Crippen molar-refractivity contribution in [2.24, 2.45) is 0 Å². The van der Waals surface area contributed by atoms with Gasteiger partial charge >= 0.3 is 5.13 Å². The van der Waals surface area contributed by atoms with Crippen LogP contribution in [0.5, 0.6) is 0 Å². The first-order valence-electron chi connectivity index (χ1n) is 4.91. The van der Waals surface area contributed by atoms with Crippen LogP contribution in [-0.4, -0.2) is 5.78 Å². The summed E-state index contributed by atoms with van der Waals surface area (Å²) in [7, 11) is 0. The highest BCUT2D eigenvalue weighted by Crippen LogP contribution is 2.16. The summed E-state index contributed by atoms with van der Waals surface area (Å²) in [6.07, 6.45) is 1.49. The maximum atomic E-state index is 11.8. The lowest BCUT2D eigenvalue weighted by molar-refractivity contribution is -0.670. The molecule has 2 aromatic heterocycles. The molecule has 0 bridgehead atoms. The molecule has 0 aliphatic heterocycles. The second-order valence-corrected chi connectivity index (χ2v) is 4.80. The summed E-state index contributed by atoms with van der Waals surface area (Å²) in [4.78, 5) is 13.0. The first-order valence-corrected chi connectivity index (χ1v) is 5.73. The Morgan fingerprint density at radius 2 is 2.24 bits per heavy atom. The third-order valence-corrected chi connectivity index (χ3v) is 3.57. The molecular formula is C11H13BrN2O2S. The minimum atomic E-state index is -0.0670. The molecule has 0 saturated carbocycles. The van der Waals surface area contributed by atoms with Crippen LogP contribution in [0.2, 0.25) is 0 Å². The molecule has 0 aromatic carbocycles. The highest BCUT2D eigenvalue weighted by molar-refractivity contribution is 7.15. The largest absolute Gasteiger partial charge is 1.00 e. The van der Waals surface area contributed by atoms with Crippen LogP contribution < -0.4 is 27.3 Å². The zero-order valence-electron chi connectivity index (χ0n) is 9.57. The summed E-state index contributed by atoms with van der Waals surface area (Å²) >= 11 is 1.49. The Kier molecular flexibility index (Phi) is 4.47. The summed E-state index contributed by atoms with van der Waals surface area (Å²) in [5.74, 6) is 0.303. The normalized spacial score (nSPS) is 10.0. The minimum absolute atomic E-state index is 0. The smallest absolute Gasteiger partial charge is 0.332 e. The van der Waals surface area contributed by atoms with E-state index in [0.29, 0.717) is 10.9 Å². The molecule has 2 N–H and O–H groups in total. The van der Waals surface area contributed by atoms with Gasteiger partial charge in [0.15, 0.2) is 12.3 Å². The van der Waals surface area contributed by atoms with Crippen LogP contribution in [0.15, 0.2) is 22.8 Å². The van der Waals surface area contributed by atoms with Crippen molar-refractivity contribution in [3.05, 3.63) is 34.7 Å². The Bertz CT molecular complexity index is 520. The number of thiazole rings is 1. The number of anilines is 1. The Balaban J connectivity index is 0.00000144. The fraction of sp³-hybridized carbons (Fsp3) is 0.273. The lowest BCUT2D eigenvalue weighted by atomic mass is 10.3. The van der Waals surface area contributed by atoms with Gasteiger partial charge in [0.1, 0.15) is 5.69 Å². The maximum Gasteiger partial charge on any atom is 0.332 e. The van der Waals surface area contributed by atoms with E-state index in [4.69, 9.17) is 10.2 Å². The molecule has 0 aliphatic carbocycles. The minimum Gasteiger partial charge on any atom is -1.00 e. The molecule has 2 heterocycles. The molecule has 0 spiro atoms. The van der Waals surface area contributed by atoms with Crippen LogP contribution in [0.1, 0.15) is 21.1 Å². The van der Waals surface area contributed by atoms with Crippen LogP contribution >= 0.6 is 11.3 Å². The number of aromatic nitrogens is 1. The third-order valence-electron chi connectivity index (χ3n) is 2.54. The van der Waals surface area contributed by atoms with Crippen molar-refractivity contribution in [2.45, 2.75) is 20.4 Å². The fourth-order valence-corrected chi connectivity index (χ4v) is 2.38. The summed E-state index contributed by atoms with van der Waals surface area (Å²) in [6, 6.07) is 3.36. The molecule has 92 valence electrons. The number of nitrogen functional groups attached to an aromatic ring is 1. The van der Waals surface area contributed by atoms with E-state index in [1.165, 1.54) is 17.6 Å². The summed E-state index contributed by atoms with van der Waals surface area (Å²) in [5, 5.41) is 0.648. The van der Waals surface area contributed by atoms with Crippen molar-refractivity contribution in [3.63, 3.8) is 0 Å². The monoisotopic (exact) mass is 316 g/mol. The Labute approximate surface area is 114 Å². The number of halogens is 1. The third kappa shape index (κ3) is 2.76. The summed E-state index contributed by atoms with van der Waals surface area (Å²) < 4.78 is 6.86. The summed E-state index contributed by atoms with van der Waals surface area (Å²) in [5.41, 5.74) is 6.87. The number of Topliss-reactive ketones (excluding diaryl/α,β-unsaturated/α-hetero) is 1. The van der Waals surface area contributed by atoms with Crippen LogP contribution in [0.3, 0.4) is 0 Å². The van der Waals surface area contributed by atoms with E-state index in [1.807, 2.05) is 18.4 Å². The van der Waals surface area contributed by atoms with E-state index in [-0.39, 0.29) is 29.3 Å². The predicted molar refractivity (Wildman–Crippen MR) is 61.4 cm³/mol. The van der Waals surface area contributed by atoms with Gasteiger partial charge in [-0.25, -0.2) is 4.57 Å². The number of hydrogen-bond acceptors (Lipinski definition) is 4. The molecule has 0 saturated heterocycles. The van der Waals surface area contributed by atoms with Crippen molar-refractivity contribution >= 4 is 22.3 Å². The van der Waals surface area contributed by atoms with Gasteiger partial charge in [-0.05, 0) is 26.0 Å². The average Bonchev–Trinajstić information content (AvgIpc) is 2.83. The highest BCUT2D eigenvalue weighted by Gasteiger charge is 2.20. The Morgan fingerprint density at radius 1 is 1.53 bits per heavy atom. The number of ketones is 1. The van der Waals surface area contributed by atoms with E-state index in [0.717, 1.165) is 10.6 Å². The highest BCUT2D eigenvalue weighted by atomic mass is 79.9. The Hall–Kier alpha value is -1.14. The first kappa shape index (κ1) is 13.9. The molecule has 0 amide bonds. The van der Waals surface area contributed by atoms with E-state index < -0.39 is 0 Å². The molecule has 4 nitrogen and oxygen atoms in total. The number of carbonyl (C=O) groups is 1. The molecule has 2 aromatic rings. The molecule has 6 heteroatoms. The number of aryl methyl sites for hydroxylation is 1. The van der Waals surface area contributed by atoms with Gasteiger partial charge in [-0.1, -0.05) is 11.3 Å². The lowest BCUT2D eigenvalue weighted by Crippen LogP contribution is -3.00. The number of carbonyl (C=O) groups excluding carboxylic acids is 1. The molecule has 0 aliphatic rings. The van der Waals surface area contributed by atoms with Crippen LogP contribution in [0.4, 0.5) is 5.13 Å². The Morgan fingerprint density at radius 3 is 2.71 bits per heavy atom. The second-order valence-electron chi connectivity index (χ2n) is 3.57. The number of nitrogens with zero attached hydrogens (tertiary/aromatic N) is 1. The van der Waals surface area contributed by atoms with E-state index >= 15 is 0 Å². The van der Waals surface area contributed by atoms with Crippen molar-refractivity contribution in [2.75, 3.05) is 5.73 Å². The van der Waals surface area contributed by atoms with E-state index in [1.54, 1.807) is 12.1 Å². The maximum absolute atomic E-state index is 11.8. The zero-order valence-corrected chi connectivity index (χ0v) is 12.0.